The van der Waals surface area contributed by atoms with Crippen molar-refractivity contribution in [3.63, 3.8) is 0 Å². The summed E-state index contributed by atoms with van der Waals surface area (Å²) in [5, 5.41) is 13.9. The largest absolute Gasteiger partial charge is 0.354 e. The number of piperidine rings is 1. The third-order valence-corrected chi connectivity index (χ3v) is 5.74. The molecule has 2 aromatic rings. The number of hydrogen-bond acceptors (Lipinski definition) is 4. The number of guanidine groups is 1. The molecule has 0 bridgehead atoms. The van der Waals surface area contributed by atoms with Crippen LogP contribution >= 0.6 is 11.3 Å². The van der Waals surface area contributed by atoms with Gasteiger partial charge in [-0.05, 0) is 30.2 Å². The number of likely N-dealkylation sites (tertiary alicyclic amines) is 1. The number of aryl methyl sites for hydroxylation is 1. The standard InChI is InChI=1S/C19H30N6S/c1-3-18-23-22-15-25(18)12-10-21-19(24-11-4-6-16(2)14-24)20-9-8-17-7-5-13-26-17/h5,7,13,15-16H,3-4,6,8-12,14H2,1-2H3,(H,20,21). The maximum absolute atomic E-state index is 4.92. The molecule has 1 N–H and O–H groups in total. The molecule has 0 saturated carbocycles. The van der Waals surface area contributed by atoms with Gasteiger partial charge in [0.1, 0.15) is 12.2 Å². The van der Waals surface area contributed by atoms with Crippen molar-refractivity contribution in [2.24, 2.45) is 10.9 Å². The van der Waals surface area contributed by atoms with Crippen molar-refractivity contribution in [1.29, 1.82) is 0 Å². The van der Waals surface area contributed by atoms with Gasteiger partial charge in [0, 0.05) is 50.4 Å². The lowest BCUT2D eigenvalue weighted by molar-refractivity contribution is 0.265. The van der Waals surface area contributed by atoms with E-state index in [1.807, 2.05) is 17.7 Å². The van der Waals surface area contributed by atoms with Gasteiger partial charge < -0.3 is 14.8 Å². The zero-order chi connectivity index (χ0) is 18.2. The predicted octanol–water partition coefficient (Wildman–Crippen LogP) is 2.82. The molecule has 1 saturated heterocycles. The molecule has 0 amide bonds. The third kappa shape index (κ3) is 5.30. The highest BCUT2D eigenvalue weighted by Gasteiger charge is 2.19. The second-order valence-corrected chi connectivity index (χ2v) is 7.98. The Morgan fingerprint density at radius 2 is 2.38 bits per heavy atom. The first kappa shape index (κ1) is 18.9. The predicted molar refractivity (Wildman–Crippen MR) is 108 cm³/mol. The van der Waals surface area contributed by atoms with Crippen LogP contribution in [0.2, 0.25) is 0 Å². The Hall–Kier alpha value is -1.89. The van der Waals surface area contributed by atoms with E-state index in [4.69, 9.17) is 4.99 Å². The van der Waals surface area contributed by atoms with Crippen LogP contribution in [-0.2, 0) is 19.4 Å². The van der Waals surface area contributed by atoms with E-state index >= 15 is 0 Å². The molecule has 0 aliphatic carbocycles. The SMILES string of the molecule is CCc1nncn1CCNC(=NCCc1cccs1)N1CCCC(C)C1. The van der Waals surface area contributed by atoms with E-state index in [1.165, 1.54) is 17.7 Å². The van der Waals surface area contributed by atoms with E-state index in [9.17, 15) is 0 Å². The Balaban J connectivity index is 1.58. The molecule has 0 aromatic carbocycles. The molecule has 7 heteroatoms. The van der Waals surface area contributed by atoms with Crippen molar-refractivity contribution >= 4 is 17.3 Å². The highest BCUT2D eigenvalue weighted by Crippen LogP contribution is 2.15. The monoisotopic (exact) mass is 374 g/mol. The molecule has 2 aromatic heterocycles. The van der Waals surface area contributed by atoms with Gasteiger partial charge in [0.15, 0.2) is 5.96 Å². The summed E-state index contributed by atoms with van der Waals surface area (Å²) in [6.07, 6.45) is 6.30. The summed E-state index contributed by atoms with van der Waals surface area (Å²) in [5.41, 5.74) is 0. The topological polar surface area (TPSA) is 58.3 Å². The van der Waals surface area contributed by atoms with E-state index in [0.29, 0.717) is 0 Å². The van der Waals surface area contributed by atoms with Crippen LogP contribution in [-0.4, -0.2) is 51.8 Å². The molecular weight excluding hydrogens is 344 g/mol. The van der Waals surface area contributed by atoms with Crippen molar-refractivity contribution in [3.05, 3.63) is 34.5 Å². The Morgan fingerprint density at radius 1 is 1.46 bits per heavy atom. The number of hydrogen-bond donors (Lipinski definition) is 1. The van der Waals surface area contributed by atoms with Crippen molar-refractivity contribution in [2.75, 3.05) is 26.2 Å². The van der Waals surface area contributed by atoms with Crippen LogP contribution in [0.4, 0.5) is 0 Å². The van der Waals surface area contributed by atoms with Crippen LogP contribution in [0.1, 0.15) is 37.4 Å². The maximum Gasteiger partial charge on any atom is 0.194 e. The van der Waals surface area contributed by atoms with E-state index in [0.717, 1.165) is 63.3 Å². The molecule has 1 atom stereocenters. The van der Waals surface area contributed by atoms with Crippen LogP contribution < -0.4 is 5.32 Å². The molecule has 6 nitrogen and oxygen atoms in total. The van der Waals surface area contributed by atoms with Crippen LogP contribution in [0, 0.1) is 5.92 Å². The molecule has 0 spiro atoms. The number of nitrogens with one attached hydrogen (secondary N) is 1. The van der Waals surface area contributed by atoms with Gasteiger partial charge >= 0.3 is 0 Å². The minimum atomic E-state index is 0.734. The second kappa shape index (κ2) is 9.71. The van der Waals surface area contributed by atoms with Gasteiger partial charge in [-0.1, -0.05) is 19.9 Å². The summed E-state index contributed by atoms with van der Waals surface area (Å²) in [7, 11) is 0. The molecule has 1 aliphatic heterocycles. The fourth-order valence-electron chi connectivity index (χ4n) is 3.40. The molecule has 1 fully saturated rings. The maximum atomic E-state index is 4.92. The minimum Gasteiger partial charge on any atom is -0.354 e. The lowest BCUT2D eigenvalue weighted by atomic mass is 10.0. The van der Waals surface area contributed by atoms with Gasteiger partial charge in [-0.2, -0.15) is 0 Å². The summed E-state index contributed by atoms with van der Waals surface area (Å²) in [6.45, 7) is 9.18. The Labute approximate surface area is 160 Å². The van der Waals surface area contributed by atoms with Crippen molar-refractivity contribution in [3.8, 4) is 0 Å². The van der Waals surface area contributed by atoms with E-state index in [2.05, 4.69) is 56.3 Å². The average Bonchev–Trinajstić information content (AvgIpc) is 3.32. The summed E-state index contributed by atoms with van der Waals surface area (Å²) in [6, 6.07) is 4.30. The fraction of sp³-hybridized carbons (Fsp3) is 0.632. The Kier molecular flexibility index (Phi) is 7.05. The van der Waals surface area contributed by atoms with Crippen molar-refractivity contribution in [2.45, 2.75) is 46.1 Å². The van der Waals surface area contributed by atoms with E-state index < -0.39 is 0 Å². The number of aromatic nitrogens is 3. The summed E-state index contributed by atoms with van der Waals surface area (Å²) in [4.78, 5) is 8.74. The van der Waals surface area contributed by atoms with Crippen LogP contribution in [0.5, 0.6) is 0 Å². The summed E-state index contributed by atoms with van der Waals surface area (Å²) >= 11 is 1.81. The van der Waals surface area contributed by atoms with Gasteiger partial charge in [-0.25, -0.2) is 0 Å². The van der Waals surface area contributed by atoms with Crippen LogP contribution in [0.15, 0.2) is 28.8 Å². The third-order valence-electron chi connectivity index (χ3n) is 4.80. The van der Waals surface area contributed by atoms with Crippen molar-refractivity contribution in [1.82, 2.24) is 25.0 Å². The minimum absolute atomic E-state index is 0.734. The Morgan fingerprint density at radius 3 is 3.15 bits per heavy atom. The quantitative estimate of drug-likeness (QED) is 0.598. The zero-order valence-electron chi connectivity index (χ0n) is 15.9. The first-order chi connectivity index (χ1) is 12.8. The van der Waals surface area contributed by atoms with Gasteiger partial charge in [0.2, 0.25) is 0 Å². The Bertz CT molecular complexity index is 678. The lowest BCUT2D eigenvalue weighted by Crippen LogP contribution is -2.47. The normalized spacial score (nSPS) is 18.3. The molecule has 3 heterocycles. The number of thiophene rings is 1. The van der Waals surface area contributed by atoms with Gasteiger partial charge in [-0.3, -0.25) is 4.99 Å². The van der Waals surface area contributed by atoms with Gasteiger partial charge in [0.25, 0.3) is 0 Å². The molecular formula is C19H30N6S. The lowest BCUT2D eigenvalue weighted by Gasteiger charge is -2.33. The molecule has 3 rings (SSSR count). The fourth-order valence-corrected chi connectivity index (χ4v) is 4.10. The highest BCUT2D eigenvalue weighted by molar-refractivity contribution is 7.09. The molecule has 142 valence electrons. The smallest absolute Gasteiger partial charge is 0.194 e. The molecule has 1 aliphatic rings. The zero-order valence-corrected chi connectivity index (χ0v) is 16.7. The summed E-state index contributed by atoms with van der Waals surface area (Å²) in [5.74, 6) is 2.83. The first-order valence-corrected chi connectivity index (χ1v) is 10.6. The first-order valence-electron chi connectivity index (χ1n) is 9.68. The van der Waals surface area contributed by atoms with Gasteiger partial charge in [-0.15, -0.1) is 21.5 Å². The highest BCUT2D eigenvalue weighted by atomic mass is 32.1. The number of rotatable bonds is 7. The summed E-state index contributed by atoms with van der Waals surface area (Å²) < 4.78 is 2.12. The van der Waals surface area contributed by atoms with Crippen LogP contribution in [0.25, 0.3) is 0 Å². The van der Waals surface area contributed by atoms with E-state index in [-0.39, 0.29) is 0 Å². The number of aliphatic imine (C=N–C) groups is 1. The molecule has 0 radical (unpaired) electrons. The van der Waals surface area contributed by atoms with E-state index in [1.54, 1.807) is 0 Å². The average molecular weight is 375 g/mol. The second-order valence-electron chi connectivity index (χ2n) is 6.95. The van der Waals surface area contributed by atoms with Gasteiger partial charge in [0.05, 0.1) is 0 Å². The molecule has 1 unspecified atom stereocenters. The molecule has 26 heavy (non-hydrogen) atoms. The van der Waals surface area contributed by atoms with Crippen molar-refractivity contribution < 1.29 is 0 Å². The van der Waals surface area contributed by atoms with Crippen LogP contribution in [0.3, 0.4) is 0 Å². The number of nitrogens with zero attached hydrogens (tertiary/aromatic N) is 5.